The smallest absolute Gasteiger partial charge is 0.134 e. The quantitative estimate of drug-likeness (QED) is 0.774. The lowest BCUT2D eigenvalue weighted by Crippen LogP contribution is -2.36. The zero-order valence-corrected chi connectivity index (χ0v) is 12.1. The number of furan rings is 1. The lowest BCUT2D eigenvalue weighted by Gasteiger charge is -2.25. The molecule has 1 aliphatic carbocycles. The van der Waals surface area contributed by atoms with E-state index >= 15 is 0 Å². The van der Waals surface area contributed by atoms with Crippen LogP contribution in [-0.2, 0) is 12.8 Å². The third-order valence-electron chi connectivity index (χ3n) is 4.37. The summed E-state index contributed by atoms with van der Waals surface area (Å²) < 4.78 is 5.94. The predicted molar refractivity (Wildman–Crippen MR) is 82.2 cm³/mol. The van der Waals surface area contributed by atoms with E-state index in [2.05, 4.69) is 34.6 Å². The molecule has 0 saturated carbocycles. The number of para-hydroxylation sites is 1. The minimum Gasteiger partial charge on any atom is -0.459 e. The Balaban J connectivity index is 1.49. The standard InChI is InChI=1S/C17H19N3O/c1-11(17-9-12-4-2-3-5-16(12)21-17)19-14-6-7-15-13(8-14)10-18-20-15/h2-5,9-11,14,19H,6-8H2,1H3,(H,18,20)/t11-,14-/m1/s1. The van der Waals surface area contributed by atoms with Gasteiger partial charge in [-0.1, -0.05) is 18.2 Å². The second kappa shape index (κ2) is 5.04. The zero-order chi connectivity index (χ0) is 14.2. The average Bonchev–Trinajstić information content (AvgIpc) is 3.13. The number of hydrogen-bond acceptors (Lipinski definition) is 3. The van der Waals surface area contributed by atoms with E-state index in [1.165, 1.54) is 16.6 Å². The molecule has 0 radical (unpaired) electrons. The number of H-pyrrole nitrogens is 1. The van der Waals surface area contributed by atoms with E-state index in [4.69, 9.17) is 4.42 Å². The van der Waals surface area contributed by atoms with Crippen LogP contribution < -0.4 is 5.32 Å². The largest absolute Gasteiger partial charge is 0.459 e. The first-order chi connectivity index (χ1) is 10.3. The molecule has 0 spiro atoms. The Labute approximate surface area is 123 Å². The van der Waals surface area contributed by atoms with Crippen LogP contribution in [0.1, 0.15) is 36.4 Å². The fourth-order valence-electron chi connectivity index (χ4n) is 3.21. The number of aryl methyl sites for hydroxylation is 1. The number of benzene rings is 1. The lowest BCUT2D eigenvalue weighted by molar-refractivity contribution is 0.373. The van der Waals surface area contributed by atoms with Gasteiger partial charge in [0, 0.05) is 17.1 Å². The van der Waals surface area contributed by atoms with Gasteiger partial charge in [-0.2, -0.15) is 5.10 Å². The summed E-state index contributed by atoms with van der Waals surface area (Å²) >= 11 is 0. The van der Waals surface area contributed by atoms with Crippen LogP contribution in [-0.4, -0.2) is 16.2 Å². The Hall–Kier alpha value is -2.07. The molecule has 2 atom stereocenters. The van der Waals surface area contributed by atoms with Crippen LogP contribution in [0.25, 0.3) is 11.0 Å². The Bertz CT molecular complexity index is 725. The topological polar surface area (TPSA) is 53.9 Å². The maximum Gasteiger partial charge on any atom is 0.134 e. The van der Waals surface area contributed by atoms with Crippen LogP contribution in [0.3, 0.4) is 0 Å². The van der Waals surface area contributed by atoms with Crippen molar-refractivity contribution in [2.45, 2.75) is 38.3 Å². The van der Waals surface area contributed by atoms with E-state index in [9.17, 15) is 0 Å². The molecule has 4 rings (SSSR count). The number of nitrogens with zero attached hydrogens (tertiary/aromatic N) is 1. The first kappa shape index (κ1) is 12.7. The average molecular weight is 281 g/mol. The number of aromatic amines is 1. The maximum atomic E-state index is 5.94. The molecule has 0 bridgehead atoms. The zero-order valence-electron chi connectivity index (χ0n) is 12.1. The Morgan fingerprint density at radius 2 is 2.29 bits per heavy atom. The van der Waals surface area contributed by atoms with Crippen LogP contribution in [0.4, 0.5) is 0 Å². The van der Waals surface area contributed by atoms with Crippen LogP contribution in [0.15, 0.2) is 40.9 Å². The van der Waals surface area contributed by atoms with Crippen molar-refractivity contribution in [3.63, 3.8) is 0 Å². The number of nitrogens with one attached hydrogen (secondary N) is 2. The van der Waals surface area contributed by atoms with E-state index in [0.29, 0.717) is 6.04 Å². The van der Waals surface area contributed by atoms with Gasteiger partial charge in [0.05, 0.1) is 12.2 Å². The highest BCUT2D eigenvalue weighted by Gasteiger charge is 2.22. The van der Waals surface area contributed by atoms with Gasteiger partial charge in [0.1, 0.15) is 11.3 Å². The van der Waals surface area contributed by atoms with Crippen molar-refractivity contribution in [2.75, 3.05) is 0 Å². The van der Waals surface area contributed by atoms with Crippen molar-refractivity contribution < 1.29 is 4.42 Å². The van der Waals surface area contributed by atoms with Gasteiger partial charge < -0.3 is 9.73 Å². The van der Waals surface area contributed by atoms with Crippen LogP contribution in [0.2, 0.25) is 0 Å². The fourth-order valence-corrected chi connectivity index (χ4v) is 3.21. The summed E-state index contributed by atoms with van der Waals surface area (Å²) in [5, 5.41) is 12.1. The molecule has 2 heterocycles. The van der Waals surface area contributed by atoms with Gasteiger partial charge in [-0.15, -0.1) is 0 Å². The SMILES string of the molecule is C[C@@H](N[C@@H]1CCc2[nH]ncc2C1)c1cc2ccccc2o1. The normalized spacial score (nSPS) is 19.6. The Morgan fingerprint density at radius 1 is 1.38 bits per heavy atom. The molecule has 2 N–H and O–H groups in total. The highest BCUT2D eigenvalue weighted by Crippen LogP contribution is 2.26. The van der Waals surface area contributed by atoms with Gasteiger partial charge >= 0.3 is 0 Å². The molecular formula is C17H19N3O. The van der Waals surface area contributed by atoms with Crippen molar-refractivity contribution >= 4 is 11.0 Å². The lowest BCUT2D eigenvalue weighted by atomic mass is 9.93. The molecule has 0 unspecified atom stereocenters. The summed E-state index contributed by atoms with van der Waals surface area (Å²) in [4.78, 5) is 0. The third kappa shape index (κ3) is 2.36. The summed E-state index contributed by atoms with van der Waals surface area (Å²) in [6.07, 6.45) is 5.20. The fraction of sp³-hybridized carbons (Fsp3) is 0.353. The van der Waals surface area contributed by atoms with Gasteiger partial charge in [-0.05, 0) is 43.9 Å². The predicted octanol–water partition coefficient (Wildman–Crippen LogP) is 3.36. The molecule has 108 valence electrons. The minimum absolute atomic E-state index is 0.218. The molecular weight excluding hydrogens is 262 g/mol. The Kier molecular flexibility index (Phi) is 3.04. The highest BCUT2D eigenvalue weighted by molar-refractivity contribution is 5.77. The Morgan fingerprint density at radius 3 is 3.19 bits per heavy atom. The maximum absolute atomic E-state index is 5.94. The molecule has 21 heavy (non-hydrogen) atoms. The first-order valence-electron chi connectivity index (χ1n) is 7.55. The molecule has 2 aromatic heterocycles. The van der Waals surface area contributed by atoms with Crippen molar-refractivity contribution in [3.8, 4) is 0 Å². The highest BCUT2D eigenvalue weighted by atomic mass is 16.3. The van der Waals surface area contributed by atoms with Gasteiger partial charge in [0.15, 0.2) is 0 Å². The molecule has 0 aliphatic heterocycles. The van der Waals surface area contributed by atoms with E-state index in [0.717, 1.165) is 30.6 Å². The van der Waals surface area contributed by atoms with Crippen LogP contribution in [0.5, 0.6) is 0 Å². The van der Waals surface area contributed by atoms with Crippen LogP contribution >= 0.6 is 0 Å². The molecule has 4 heteroatoms. The summed E-state index contributed by atoms with van der Waals surface area (Å²) in [6, 6.07) is 11.0. The first-order valence-corrected chi connectivity index (χ1v) is 7.55. The molecule has 4 nitrogen and oxygen atoms in total. The van der Waals surface area contributed by atoms with Gasteiger partial charge in [-0.25, -0.2) is 0 Å². The number of hydrogen-bond donors (Lipinski definition) is 2. The van der Waals surface area contributed by atoms with E-state index in [1.807, 2.05) is 24.4 Å². The summed E-state index contributed by atoms with van der Waals surface area (Å²) in [5.74, 6) is 1.01. The van der Waals surface area contributed by atoms with Crippen LogP contribution in [0, 0.1) is 0 Å². The van der Waals surface area contributed by atoms with Crippen molar-refractivity contribution in [1.29, 1.82) is 0 Å². The summed E-state index contributed by atoms with van der Waals surface area (Å²) in [6.45, 7) is 2.17. The third-order valence-corrected chi connectivity index (χ3v) is 4.37. The van der Waals surface area contributed by atoms with E-state index in [-0.39, 0.29) is 6.04 Å². The second-order valence-corrected chi connectivity index (χ2v) is 5.89. The van der Waals surface area contributed by atoms with Crippen molar-refractivity contribution in [3.05, 3.63) is 53.5 Å². The van der Waals surface area contributed by atoms with Gasteiger partial charge in [-0.3, -0.25) is 5.10 Å². The second-order valence-electron chi connectivity index (χ2n) is 5.89. The molecule has 1 aromatic carbocycles. The van der Waals surface area contributed by atoms with Crippen molar-refractivity contribution in [2.24, 2.45) is 0 Å². The molecule has 1 aliphatic rings. The van der Waals surface area contributed by atoms with Gasteiger partial charge in [0.25, 0.3) is 0 Å². The monoisotopic (exact) mass is 281 g/mol. The molecule has 3 aromatic rings. The molecule has 0 saturated heterocycles. The molecule has 0 fully saturated rings. The van der Waals surface area contributed by atoms with E-state index < -0.39 is 0 Å². The van der Waals surface area contributed by atoms with Gasteiger partial charge in [0.2, 0.25) is 0 Å². The summed E-state index contributed by atoms with van der Waals surface area (Å²) in [5.41, 5.74) is 3.60. The summed E-state index contributed by atoms with van der Waals surface area (Å²) in [7, 11) is 0. The number of fused-ring (bicyclic) bond motifs is 2. The number of aromatic nitrogens is 2. The minimum atomic E-state index is 0.218. The number of rotatable bonds is 3. The van der Waals surface area contributed by atoms with E-state index in [1.54, 1.807) is 0 Å². The molecule has 0 amide bonds. The van der Waals surface area contributed by atoms with Crippen molar-refractivity contribution in [1.82, 2.24) is 15.5 Å².